The molecule has 5 heteroatoms. The van der Waals surface area contributed by atoms with Crippen molar-refractivity contribution in [2.45, 2.75) is 24.8 Å². The molecule has 1 aliphatic rings. The molecule has 0 N–H and O–H groups in total. The van der Waals surface area contributed by atoms with Crippen LogP contribution in [0.15, 0.2) is 30.6 Å². The molecule has 0 spiro atoms. The molecule has 1 aliphatic carbocycles. The van der Waals surface area contributed by atoms with Crippen LogP contribution in [0.25, 0.3) is 5.65 Å². The molecule has 96 valence electrons. The number of aromatic nitrogens is 2. The summed E-state index contributed by atoms with van der Waals surface area (Å²) in [7, 11) is 1.69. The molecule has 0 aromatic carbocycles. The minimum Gasteiger partial charge on any atom is -0.322 e. The normalized spacial score (nSPS) is 16.6. The van der Waals surface area contributed by atoms with E-state index in [4.69, 9.17) is 0 Å². The zero-order valence-corrected chi connectivity index (χ0v) is 10.7. The van der Waals surface area contributed by atoms with Gasteiger partial charge in [-0.2, -0.15) is 5.26 Å². The van der Waals surface area contributed by atoms with Gasteiger partial charge in [0.2, 0.25) is 0 Å². The number of nitrogens with zero attached hydrogens (tertiary/aromatic N) is 4. The van der Waals surface area contributed by atoms with Gasteiger partial charge in [-0.05, 0) is 31.4 Å². The van der Waals surface area contributed by atoms with Crippen LogP contribution in [-0.2, 0) is 0 Å². The van der Waals surface area contributed by atoms with Gasteiger partial charge in [0.25, 0.3) is 5.91 Å². The maximum absolute atomic E-state index is 12.4. The molecular weight excluding hydrogens is 240 g/mol. The largest absolute Gasteiger partial charge is 0.322 e. The van der Waals surface area contributed by atoms with Crippen molar-refractivity contribution in [1.29, 1.82) is 5.26 Å². The highest BCUT2D eigenvalue weighted by atomic mass is 16.2. The Morgan fingerprint density at radius 3 is 2.89 bits per heavy atom. The Hall–Kier alpha value is -2.35. The van der Waals surface area contributed by atoms with Crippen LogP contribution < -0.4 is 0 Å². The Bertz CT molecular complexity index is 645. The second kappa shape index (κ2) is 4.09. The van der Waals surface area contributed by atoms with Crippen molar-refractivity contribution in [2.24, 2.45) is 0 Å². The molecule has 0 atom stereocenters. The van der Waals surface area contributed by atoms with Gasteiger partial charge in [0.05, 0.1) is 6.07 Å². The van der Waals surface area contributed by atoms with Gasteiger partial charge in [-0.1, -0.05) is 6.07 Å². The van der Waals surface area contributed by atoms with Gasteiger partial charge in [0, 0.05) is 19.4 Å². The first kappa shape index (κ1) is 11.7. The maximum Gasteiger partial charge on any atom is 0.275 e. The molecule has 19 heavy (non-hydrogen) atoms. The fourth-order valence-corrected chi connectivity index (χ4v) is 2.44. The second-order valence-corrected chi connectivity index (χ2v) is 4.95. The van der Waals surface area contributed by atoms with Crippen molar-refractivity contribution in [3.8, 4) is 6.07 Å². The average Bonchev–Trinajstić information content (AvgIpc) is 2.80. The Labute approximate surface area is 111 Å². The Morgan fingerprint density at radius 2 is 2.32 bits per heavy atom. The number of hydrogen-bond acceptors (Lipinski definition) is 3. The SMILES string of the molecule is CN(C(=O)c1cn2ccccc2n1)C1(C#N)CCC1. The molecule has 0 aliphatic heterocycles. The van der Waals surface area contributed by atoms with E-state index in [1.54, 1.807) is 17.6 Å². The third kappa shape index (κ3) is 1.68. The maximum atomic E-state index is 12.4. The van der Waals surface area contributed by atoms with Crippen molar-refractivity contribution in [3.05, 3.63) is 36.3 Å². The number of pyridine rings is 1. The van der Waals surface area contributed by atoms with Crippen molar-refractivity contribution < 1.29 is 4.79 Å². The Kier molecular flexibility index (Phi) is 2.53. The van der Waals surface area contributed by atoms with Gasteiger partial charge in [0.1, 0.15) is 16.9 Å². The summed E-state index contributed by atoms with van der Waals surface area (Å²) < 4.78 is 1.81. The zero-order valence-electron chi connectivity index (χ0n) is 10.7. The van der Waals surface area contributed by atoms with Crippen LogP contribution in [0, 0.1) is 11.3 Å². The van der Waals surface area contributed by atoms with Gasteiger partial charge >= 0.3 is 0 Å². The fraction of sp³-hybridized carbons (Fsp3) is 0.357. The molecule has 1 fully saturated rings. The van der Waals surface area contributed by atoms with Crippen LogP contribution in [0.3, 0.4) is 0 Å². The smallest absolute Gasteiger partial charge is 0.275 e. The van der Waals surface area contributed by atoms with Crippen LogP contribution >= 0.6 is 0 Å². The van der Waals surface area contributed by atoms with E-state index in [1.165, 1.54) is 4.90 Å². The standard InChI is InChI=1S/C14H14N4O/c1-17(14(10-15)6-4-7-14)13(19)11-9-18-8-3-2-5-12(18)16-11/h2-3,5,8-9H,4,6-7H2,1H3. The first-order valence-corrected chi connectivity index (χ1v) is 6.29. The van der Waals surface area contributed by atoms with E-state index in [9.17, 15) is 10.1 Å². The fourth-order valence-electron chi connectivity index (χ4n) is 2.44. The molecule has 0 radical (unpaired) electrons. The lowest BCUT2D eigenvalue weighted by Gasteiger charge is -2.42. The summed E-state index contributed by atoms with van der Waals surface area (Å²) in [6.07, 6.45) is 6.05. The molecule has 1 amide bonds. The molecule has 0 saturated heterocycles. The highest BCUT2D eigenvalue weighted by molar-refractivity contribution is 5.93. The van der Waals surface area contributed by atoms with Gasteiger partial charge < -0.3 is 9.30 Å². The van der Waals surface area contributed by atoms with Crippen LogP contribution in [0.2, 0.25) is 0 Å². The quantitative estimate of drug-likeness (QED) is 0.821. The molecule has 3 rings (SSSR count). The predicted octanol–water partition coefficient (Wildman–Crippen LogP) is 1.85. The van der Waals surface area contributed by atoms with E-state index in [2.05, 4.69) is 11.1 Å². The summed E-state index contributed by atoms with van der Waals surface area (Å²) in [6.45, 7) is 0. The van der Waals surface area contributed by atoms with Crippen molar-refractivity contribution in [2.75, 3.05) is 7.05 Å². The lowest BCUT2D eigenvalue weighted by Crippen LogP contribution is -2.53. The van der Waals surface area contributed by atoms with Crippen LogP contribution in [0.5, 0.6) is 0 Å². The first-order chi connectivity index (χ1) is 9.16. The molecule has 2 aromatic rings. The summed E-state index contributed by atoms with van der Waals surface area (Å²) >= 11 is 0. The first-order valence-electron chi connectivity index (χ1n) is 6.29. The van der Waals surface area contributed by atoms with E-state index in [0.29, 0.717) is 5.69 Å². The number of fused-ring (bicyclic) bond motifs is 1. The van der Waals surface area contributed by atoms with Crippen molar-refractivity contribution in [1.82, 2.24) is 14.3 Å². The van der Waals surface area contributed by atoms with Gasteiger partial charge in [-0.3, -0.25) is 4.79 Å². The van der Waals surface area contributed by atoms with E-state index in [0.717, 1.165) is 24.9 Å². The van der Waals surface area contributed by atoms with E-state index < -0.39 is 5.54 Å². The topological polar surface area (TPSA) is 61.4 Å². The van der Waals surface area contributed by atoms with Gasteiger partial charge in [-0.25, -0.2) is 4.98 Å². The third-order valence-corrected chi connectivity index (χ3v) is 3.92. The van der Waals surface area contributed by atoms with Gasteiger partial charge in [-0.15, -0.1) is 0 Å². The number of rotatable bonds is 2. The van der Waals surface area contributed by atoms with E-state index in [1.807, 2.05) is 24.4 Å². The molecule has 5 nitrogen and oxygen atoms in total. The third-order valence-electron chi connectivity index (χ3n) is 3.92. The average molecular weight is 254 g/mol. The van der Waals surface area contributed by atoms with Crippen LogP contribution in [0.4, 0.5) is 0 Å². The summed E-state index contributed by atoms with van der Waals surface area (Å²) in [6, 6.07) is 7.88. The number of carbonyl (C=O) groups excluding carboxylic acids is 1. The Balaban J connectivity index is 1.93. The highest BCUT2D eigenvalue weighted by Crippen LogP contribution is 2.36. The summed E-state index contributed by atoms with van der Waals surface area (Å²) in [5, 5.41) is 9.27. The summed E-state index contributed by atoms with van der Waals surface area (Å²) in [4.78, 5) is 18.3. The van der Waals surface area contributed by atoms with Crippen molar-refractivity contribution >= 4 is 11.6 Å². The highest BCUT2D eigenvalue weighted by Gasteiger charge is 2.44. The molecule has 0 bridgehead atoms. The molecular formula is C14H14N4O. The Morgan fingerprint density at radius 1 is 1.53 bits per heavy atom. The van der Waals surface area contributed by atoms with E-state index in [-0.39, 0.29) is 5.91 Å². The lowest BCUT2D eigenvalue weighted by atomic mass is 9.76. The van der Waals surface area contributed by atoms with Crippen molar-refractivity contribution in [3.63, 3.8) is 0 Å². The number of amides is 1. The van der Waals surface area contributed by atoms with Crippen LogP contribution in [-0.4, -0.2) is 32.8 Å². The number of nitriles is 1. The molecule has 1 saturated carbocycles. The minimum absolute atomic E-state index is 0.190. The minimum atomic E-state index is -0.632. The van der Waals surface area contributed by atoms with Gasteiger partial charge in [0.15, 0.2) is 0 Å². The summed E-state index contributed by atoms with van der Waals surface area (Å²) in [5.41, 5.74) is 0.487. The zero-order chi connectivity index (χ0) is 13.5. The number of hydrogen-bond donors (Lipinski definition) is 0. The number of imidazole rings is 1. The van der Waals surface area contributed by atoms with E-state index >= 15 is 0 Å². The lowest BCUT2D eigenvalue weighted by molar-refractivity contribution is 0.0492. The predicted molar refractivity (Wildman–Crippen MR) is 69.5 cm³/mol. The van der Waals surface area contributed by atoms with Crippen LogP contribution in [0.1, 0.15) is 29.8 Å². The molecule has 0 unspecified atom stereocenters. The number of carbonyl (C=O) groups is 1. The second-order valence-electron chi connectivity index (χ2n) is 4.95. The molecule has 2 aromatic heterocycles. The summed E-state index contributed by atoms with van der Waals surface area (Å²) in [5.74, 6) is -0.190. The molecule has 2 heterocycles. The monoisotopic (exact) mass is 254 g/mol.